The molecule has 1 aliphatic rings. The predicted octanol–water partition coefficient (Wildman–Crippen LogP) is 19.9. The van der Waals surface area contributed by atoms with E-state index < -0.39 is 0 Å². The lowest BCUT2D eigenvalue weighted by atomic mass is 9.49. The van der Waals surface area contributed by atoms with Crippen LogP contribution in [0.15, 0.2) is 224 Å². The lowest BCUT2D eigenvalue weighted by Gasteiger charge is -2.53. The van der Waals surface area contributed by atoms with Gasteiger partial charge in [-0.3, -0.25) is 0 Å². The Morgan fingerprint density at radius 2 is 0.778 bits per heavy atom. The first-order valence-electron chi connectivity index (χ1n) is 25.7. The average Bonchev–Trinajstić information content (AvgIpc) is 3.91. The molecule has 1 heterocycles. The number of hydrogen-bond acceptors (Lipinski definition) is 0. The summed E-state index contributed by atoms with van der Waals surface area (Å²) in [6.45, 7) is 14.8. The Morgan fingerprint density at radius 1 is 0.306 bits per heavy atom. The maximum Gasteiger partial charge on any atom is 0.0541 e. The summed E-state index contributed by atoms with van der Waals surface area (Å²) < 4.78 is 2.40. The summed E-state index contributed by atoms with van der Waals surface area (Å²) >= 11 is 0. The number of benzene rings is 12. The second-order valence-electron chi connectivity index (χ2n) is 22.4. The molecule has 0 fully saturated rings. The van der Waals surface area contributed by atoms with E-state index in [1.807, 2.05) is 0 Å². The fraction of sp³-hybridized carbons (Fsp3) is 0.127. The lowest BCUT2D eigenvalue weighted by Crippen LogP contribution is -2.50. The van der Waals surface area contributed by atoms with Crippen molar-refractivity contribution in [2.24, 2.45) is 10.8 Å². The molecule has 0 saturated carbocycles. The highest BCUT2D eigenvalue weighted by atomic mass is 15.0. The molecule has 1 nitrogen and oxygen atoms in total. The molecule has 0 N–H and O–H groups in total. The summed E-state index contributed by atoms with van der Waals surface area (Å²) in [5, 5.41) is 15.4. The smallest absolute Gasteiger partial charge is 0.0541 e. The zero-order chi connectivity index (χ0) is 48.7. The highest BCUT2D eigenvalue weighted by Crippen LogP contribution is 2.67. The molecule has 1 aromatic heterocycles. The van der Waals surface area contributed by atoms with E-state index in [1.54, 1.807) is 0 Å². The topological polar surface area (TPSA) is 4.93 Å². The normalized spacial score (nSPS) is 13.5. The zero-order valence-electron chi connectivity index (χ0n) is 41.8. The van der Waals surface area contributed by atoms with Crippen LogP contribution in [-0.2, 0) is 5.41 Å². The fourth-order valence-corrected chi connectivity index (χ4v) is 14.2. The molecule has 0 atom stereocenters. The first-order valence-corrected chi connectivity index (χ1v) is 25.7. The molecular formula is C71H55N. The summed E-state index contributed by atoms with van der Waals surface area (Å²) in [5.74, 6) is 0. The Balaban J connectivity index is 0.969. The number of para-hydroxylation sites is 2. The van der Waals surface area contributed by atoms with Crippen molar-refractivity contribution in [3.8, 4) is 50.2 Å². The first-order chi connectivity index (χ1) is 35.0. The van der Waals surface area contributed by atoms with Gasteiger partial charge < -0.3 is 4.57 Å². The van der Waals surface area contributed by atoms with E-state index in [0.717, 1.165) is 0 Å². The standard InChI is InChI=1S/C71H55N/c1-69(2,3)71(70(4,5)6)62-43-46-22-11-10-21-45(46)41-61(62)67-53-29-13-12-27-51(53)59-40-47(35-37-58(59)68(67)71)44-23-20-24-48(39-44)65-54-30-14-16-32-56(54)66(57-33-17-15-31-55(57)65)49-36-38-64-60(42-49)52-28-18-19-34-63(52)72(64)50-25-8-7-9-26-50/h7-43H,1-6H3. The van der Waals surface area contributed by atoms with E-state index in [4.69, 9.17) is 0 Å². The van der Waals surface area contributed by atoms with E-state index in [0.29, 0.717) is 0 Å². The van der Waals surface area contributed by atoms with E-state index in [2.05, 4.69) is 271 Å². The van der Waals surface area contributed by atoms with Gasteiger partial charge in [-0.2, -0.15) is 0 Å². The summed E-state index contributed by atoms with van der Waals surface area (Å²) in [7, 11) is 0. The SMILES string of the molecule is CC(C)(C)C1(C(C)(C)C)c2cc3ccccc3cc2-c2c1c1ccc(-c3cccc(-c4c5ccccc5c(-c5ccc6c(c5)c5ccccc5n6-c5ccccc5)c5ccccc45)c3)cc1c1ccccc21. The van der Waals surface area contributed by atoms with Gasteiger partial charge in [-0.25, -0.2) is 0 Å². The number of aromatic nitrogens is 1. The quantitative estimate of drug-likeness (QED) is 0.122. The van der Waals surface area contributed by atoms with Crippen LogP contribution in [0.1, 0.15) is 52.7 Å². The molecule has 0 aliphatic heterocycles. The second-order valence-corrected chi connectivity index (χ2v) is 22.4. The fourth-order valence-electron chi connectivity index (χ4n) is 14.2. The minimum atomic E-state index is -0.278. The van der Waals surface area contributed by atoms with Crippen LogP contribution in [0.25, 0.3) is 126 Å². The molecular weight excluding hydrogens is 867 g/mol. The summed E-state index contributed by atoms with van der Waals surface area (Å²) in [4.78, 5) is 0. The van der Waals surface area contributed by atoms with Gasteiger partial charge in [0.2, 0.25) is 0 Å². The van der Waals surface area contributed by atoms with Gasteiger partial charge in [-0.1, -0.05) is 211 Å². The minimum absolute atomic E-state index is 0.104. The van der Waals surface area contributed by atoms with Crippen molar-refractivity contribution >= 4 is 75.7 Å². The lowest BCUT2D eigenvalue weighted by molar-refractivity contribution is 0.0965. The highest BCUT2D eigenvalue weighted by Gasteiger charge is 2.58. The molecule has 0 spiro atoms. The molecule has 1 heteroatoms. The third-order valence-corrected chi connectivity index (χ3v) is 16.6. The molecule has 13 aromatic rings. The molecule has 0 saturated heterocycles. The van der Waals surface area contributed by atoms with Crippen molar-refractivity contribution in [1.82, 2.24) is 4.57 Å². The van der Waals surface area contributed by atoms with Crippen molar-refractivity contribution in [2.75, 3.05) is 0 Å². The van der Waals surface area contributed by atoms with Crippen LogP contribution in [0.5, 0.6) is 0 Å². The predicted molar refractivity (Wildman–Crippen MR) is 310 cm³/mol. The third-order valence-electron chi connectivity index (χ3n) is 16.6. The summed E-state index contributed by atoms with van der Waals surface area (Å²) in [5.41, 5.74) is 16.2. The molecule has 12 aromatic carbocycles. The second kappa shape index (κ2) is 15.4. The van der Waals surface area contributed by atoms with Crippen LogP contribution >= 0.6 is 0 Å². The minimum Gasteiger partial charge on any atom is -0.309 e. The van der Waals surface area contributed by atoms with E-state index in [9.17, 15) is 0 Å². The number of nitrogens with zero attached hydrogens (tertiary/aromatic N) is 1. The van der Waals surface area contributed by atoms with Crippen molar-refractivity contribution in [1.29, 1.82) is 0 Å². The van der Waals surface area contributed by atoms with Gasteiger partial charge in [0.15, 0.2) is 0 Å². The van der Waals surface area contributed by atoms with Gasteiger partial charge >= 0.3 is 0 Å². The third kappa shape index (κ3) is 5.88. The Kier molecular flexibility index (Phi) is 9.09. The van der Waals surface area contributed by atoms with Gasteiger partial charge in [0, 0.05) is 21.9 Å². The molecule has 0 amide bonds. The van der Waals surface area contributed by atoms with Crippen LogP contribution in [0.4, 0.5) is 0 Å². The van der Waals surface area contributed by atoms with Crippen LogP contribution in [0, 0.1) is 10.8 Å². The first kappa shape index (κ1) is 42.6. The Morgan fingerprint density at radius 3 is 1.42 bits per heavy atom. The van der Waals surface area contributed by atoms with E-state index in [-0.39, 0.29) is 16.2 Å². The zero-order valence-corrected chi connectivity index (χ0v) is 41.8. The average molecular weight is 922 g/mol. The molecule has 1 aliphatic carbocycles. The van der Waals surface area contributed by atoms with Crippen LogP contribution in [-0.4, -0.2) is 4.57 Å². The number of fused-ring (bicyclic) bond motifs is 14. The molecule has 14 rings (SSSR count). The Labute approximate surface area is 421 Å². The van der Waals surface area contributed by atoms with Crippen molar-refractivity contribution in [3.63, 3.8) is 0 Å². The molecule has 72 heavy (non-hydrogen) atoms. The highest BCUT2D eigenvalue weighted by molar-refractivity contribution is 6.23. The van der Waals surface area contributed by atoms with Crippen LogP contribution in [0.2, 0.25) is 0 Å². The monoisotopic (exact) mass is 921 g/mol. The van der Waals surface area contributed by atoms with Gasteiger partial charge in [-0.05, 0) is 175 Å². The summed E-state index contributed by atoms with van der Waals surface area (Å²) in [6, 6.07) is 84.6. The van der Waals surface area contributed by atoms with Gasteiger partial charge in [0.05, 0.1) is 11.0 Å². The Bertz CT molecular complexity index is 4330. The van der Waals surface area contributed by atoms with Gasteiger partial charge in [0.25, 0.3) is 0 Å². The van der Waals surface area contributed by atoms with Crippen LogP contribution in [0.3, 0.4) is 0 Å². The van der Waals surface area contributed by atoms with E-state index >= 15 is 0 Å². The van der Waals surface area contributed by atoms with Gasteiger partial charge in [-0.15, -0.1) is 0 Å². The van der Waals surface area contributed by atoms with E-state index in [1.165, 1.54) is 137 Å². The Hall–Kier alpha value is -8.26. The van der Waals surface area contributed by atoms with Crippen molar-refractivity contribution in [3.05, 3.63) is 236 Å². The van der Waals surface area contributed by atoms with Gasteiger partial charge in [0.1, 0.15) is 0 Å². The number of rotatable bonds is 4. The van der Waals surface area contributed by atoms with Crippen LogP contribution < -0.4 is 0 Å². The maximum atomic E-state index is 2.53. The largest absolute Gasteiger partial charge is 0.309 e. The summed E-state index contributed by atoms with van der Waals surface area (Å²) in [6.07, 6.45) is 0. The molecule has 344 valence electrons. The number of hydrogen-bond donors (Lipinski definition) is 0. The maximum absolute atomic E-state index is 2.53. The van der Waals surface area contributed by atoms with Crippen molar-refractivity contribution in [2.45, 2.75) is 47.0 Å². The molecule has 0 bridgehead atoms. The molecule has 0 unspecified atom stereocenters. The molecule has 0 radical (unpaired) electrons. The van der Waals surface area contributed by atoms with Crippen molar-refractivity contribution < 1.29 is 0 Å².